The Morgan fingerprint density at radius 2 is 2.17 bits per heavy atom. The molecular formula is C10H13ClO. The van der Waals surface area contributed by atoms with Crippen LogP contribution in [0, 0.1) is 0 Å². The van der Waals surface area contributed by atoms with Crippen LogP contribution in [0.15, 0.2) is 18.2 Å². The van der Waals surface area contributed by atoms with Gasteiger partial charge in [-0.2, -0.15) is 0 Å². The number of rotatable bonds is 2. The summed E-state index contributed by atoms with van der Waals surface area (Å²) in [6, 6.07) is 5.78. The highest BCUT2D eigenvalue weighted by Crippen LogP contribution is 2.23. The minimum absolute atomic E-state index is 0.483. The third-order valence-corrected chi connectivity index (χ3v) is 2.25. The lowest BCUT2D eigenvalue weighted by Crippen LogP contribution is -1.93. The first-order valence-electron chi connectivity index (χ1n) is 4.11. The lowest BCUT2D eigenvalue weighted by atomic mass is 10.1. The molecule has 1 atom stereocenters. The predicted octanol–water partition coefficient (Wildman–Crippen LogP) is 2.96. The molecule has 0 bridgehead atoms. The Morgan fingerprint density at radius 3 is 2.58 bits per heavy atom. The van der Waals surface area contributed by atoms with E-state index in [1.54, 1.807) is 6.92 Å². The second-order valence-corrected chi connectivity index (χ2v) is 3.29. The Labute approximate surface area is 78.0 Å². The normalized spacial score (nSPS) is 13.0. The fourth-order valence-corrected chi connectivity index (χ4v) is 1.49. The molecule has 1 N–H and O–H groups in total. The first-order valence-corrected chi connectivity index (χ1v) is 4.49. The van der Waals surface area contributed by atoms with Gasteiger partial charge in [0.25, 0.3) is 0 Å². The van der Waals surface area contributed by atoms with Gasteiger partial charge >= 0.3 is 0 Å². The summed E-state index contributed by atoms with van der Waals surface area (Å²) >= 11 is 5.94. The molecule has 0 radical (unpaired) electrons. The zero-order valence-corrected chi connectivity index (χ0v) is 8.10. The predicted molar refractivity (Wildman–Crippen MR) is 51.5 cm³/mol. The van der Waals surface area contributed by atoms with Gasteiger partial charge in [-0.25, -0.2) is 0 Å². The van der Waals surface area contributed by atoms with Crippen molar-refractivity contribution in [1.29, 1.82) is 0 Å². The molecule has 0 aromatic heterocycles. The van der Waals surface area contributed by atoms with Crippen LogP contribution in [0.1, 0.15) is 31.1 Å². The average Bonchev–Trinajstić information content (AvgIpc) is 2.03. The number of aliphatic hydroxyl groups excluding tert-OH is 1. The van der Waals surface area contributed by atoms with Gasteiger partial charge in [0.2, 0.25) is 0 Å². The van der Waals surface area contributed by atoms with E-state index >= 15 is 0 Å². The highest BCUT2D eigenvalue weighted by molar-refractivity contribution is 6.31. The largest absolute Gasteiger partial charge is 0.389 e. The van der Waals surface area contributed by atoms with Crippen LogP contribution in [-0.4, -0.2) is 5.11 Å². The van der Waals surface area contributed by atoms with Crippen molar-refractivity contribution in [3.8, 4) is 0 Å². The molecule has 12 heavy (non-hydrogen) atoms. The minimum atomic E-state index is -0.483. The highest BCUT2D eigenvalue weighted by Gasteiger charge is 2.05. The van der Waals surface area contributed by atoms with Crippen LogP contribution in [0.2, 0.25) is 5.02 Å². The Kier molecular flexibility index (Phi) is 3.12. The van der Waals surface area contributed by atoms with Crippen molar-refractivity contribution < 1.29 is 5.11 Å². The maximum Gasteiger partial charge on any atom is 0.0776 e. The lowest BCUT2D eigenvalue weighted by Gasteiger charge is -2.07. The number of aryl methyl sites for hydroxylation is 1. The molecule has 0 fully saturated rings. The summed E-state index contributed by atoms with van der Waals surface area (Å²) in [4.78, 5) is 0. The van der Waals surface area contributed by atoms with Crippen LogP contribution in [0.25, 0.3) is 0 Å². The second-order valence-electron chi connectivity index (χ2n) is 2.89. The van der Waals surface area contributed by atoms with Crippen LogP contribution >= 0.6 is 11.6 Å². The molecule has 1 nitrogen and oxygen atoms in total. The molecule has 1 aromatic carbocycles. The van der Waals surface area contributed by atoms with Crippen molar-refractivity contribution in [2.24, 2.45) is 0 Å². The van der Waals surface area contributed by atoms with E-state index < -0.39 is 6.10 Å². The second kappa shape index (κ2) is 3.92. The van der Waals surface area contributed by atoms with Gasteiger partial charge in [-0.15, -0.1) is 0 Å². The molecule has 0 aliphatic rings. The van der Waals surface area contributed by atoms with Gasteiger partial charge in [0.1, 0.15) is 0 Å². The maximum atomic E-state index is 9.28. The van der Waals surface area contributed by atoms with Gasteiger partial charge in [0.15, 0.2) is 0 Å². The fourth-order valence-electron chi connectivity index (χ4n) is 1.13. The van der Waals surface area contributed by atoms with Crippen molar-refractivity contribution >= 4 is 11.6 Å². The van der Waals surface area contributed by atoms with Gasteiger partial charge in [0, 0.05) is 5.02 Å². The van der Waals surface area contributed by atoms with Gasteiger partial charge in [0.05, 0.1) is 6.10 Å². The highest BCUT2D eigenvalue weighted by atomic mass is 35.5. The Hall–Kier alpha value is -0.530. The van der Waals surface area contributed by atoms with Crippen LogP contribution in [-0.2, 0) is 6.42 Å². The summed E-state index contributed by atoms with van der Waals surface area (Å²) in [7, 11) is 0. The van der Waals surface area contributed by atoms with Crippen LogP contribution in [0.5, 0.6) is 0 Å². The molecule has 0 aliphatic carbocycles. The van der Waals surface area contributed by atoms with Crippen molar-refractivity contribution in [3.63, 3.8) is 0 Å². The molecule has 0 heterocycles. The standard InChI is InChI=1S/C10H13ClO/c1-3-8-4-5-9(7(2)12)10(11)6-8/h4-7,12H,3H2,1-2H3. The zero-order valence-electron chi connectivity index (χ0n) is 7.34. The number of hydrogen-bond donors (Lipinski definition) is 1. The summed E-state index contributed by atoms with van der Waals surface area (Å²) in [6.07, 6.45) is 0.489. The van der Waals surface area contributed by atoms with E-state index in [2.05, 4.69) is 6.92 Å². The van der Waals surface area contributed by atoms with Crippen molar-refractivity contribution in [2.45, 2.75) is 26.4 Å². The van der Waals surface area contributed by atoms with E-state index in [1.807, 2.05) is 18.2 Å². The molecule has 1 unspecified atom stereocenters. The molecule has 1 aromatic rings. The SMILES string of the molecule is CCc1ccc(C(C)O)c(Cl)c1. The van der Waals surface area contributed by atoms with Gasteiger partial charge in [-0.05, 0) is 30.5 Å². The summed E-state index contributed by atoms with van der Waals surface area (Å²) in [5.41, 5.74) is 2.00. The van der Waals surface area contributed by atoms with Gasteiger partial charge in [-0.1, -0.05) is 30.7 Å². The third-order valence-electron chi connectivity index (χ3n) is 1.92. The smallest absolute Gasteiger partial charge is 0.0776 e. The molecule has 0 saturated heterocycles. The van der Waals surface area contributed by atoms with Crippen molar-refractivity contribution in [2.75, 3.05) is 0 Å². The molecular weight excluding hydrogens is 172 g/mol. The van der Waals surface area contributed by atoms with Crippen molar-refractivity contribution in [3.05, 3.63) is 34.3 Å². The van der Waals surface area contributed by atoms with Gasteiger partial charge in [-0.3, -0.25) is 0 Å². The third kappa shape index (κ3) is 1.99. The van der Waals surface area contributed by atoms with Crippen molar-refractivity contribution in [1.82, 2.24) is 0 Å². The first-order chi connectivity index (χ1) is 5.65. The number of halogens is 1. The van der Waals surface area contributed by atoms with Gasteiger partial charge < -0.3 is 5.11 Å². The molecule has 0 spiro atoms. The summed E-state index contributed by atoms with van der Waals surface area (Å²) in [5, 5.41) is 9.94. The maximum absolute atomic E-state index is 9.28. The van der Waals surface area contributed by atoms with E-state index in [1.165, 1.54) is 5.56 Å². The Bertz CT molecular complexity index is 269. The molecule has 1 rings (SSSR count). The van der Waals surface area contributed by atoms with E-state index in [4.69, 9.17) is 11.6 Å². The van der Waals surface area contributed by atoms with E-state index in [-0.39, 0.29) is 0 Å². The average molecular weight is 185 g/mol. The topological polar surface area (TPSA) is 20.2 Å². The summed E-state index contributed by atoms with van der Waals surface area (Å²) in [5.74, 6) is 0. The monoisotopic (exact) mass is 184 g/mol. The van der Waals surface area contributed by atoms with Crippen LogP contribution < -0.4 is 0 Å². The summed E-state index contributed by atoms with van der Waals surface area (Å²) < 4.78 is 0. The number of aliphatic hydroxyl groups is 1. The summed E-state index contributed by atoms with van der Waals surface area (Å²) in [6.45, 7) is 3.79. The van der Waals surface area contributed by atoms with E-state index in [0.29, 0.717) is 5.02 Å². The van der Waals surface area contributed by atoms with Crippen LogP contribution in [0.4, 0.5) is 0 Å². The molecule has 66 valence electrons. The molecule has 0 aliphatic heterocycles. The number of benzene rings is 1. The lowest BCUT2D eigenvalue weighted by molar-refractivity contribution is 0.199. The minimum Gasteiger partial charge on any atom is -0.389 e. The van der Waals surface area contributed by atoms with E-state index in [9.17, 15) is 5.11 Å². The van der Waals surface area contributed by atoms with Crippen LogP contribution in [0.3, 0.4) is 0 Å². The Balaban J connectivity index is 3.03. The molecule has 0 amide bonds. The molecule has 2 heteroatoms. The molecule has 0 saturated carbocycles. The fraction of sp³-hybridized carbons (Fsp3) is 0.400. The van der Waals surface area contributed by atoms with E-state index in [0.717, 1.165) is 12.0 Å². The zero-order chi connectivity index (χ0) is 9.14. The Morgan fingerprint density at radius 1 is 1.50 bits per heavy atom. The first kappa shape index (κ1) is 9.56. The number of hydrogen-bond acceptors (Lipinski definition) is 1. The quantitative estimate of drug-likeness (QED) is 0.750.